The van der Waals surface area contributed by atoms with Crippen molar-refractivity contribution in [3.05, 3.63) is 23.2 Å². The number of nitrogens with two attached hydrogens (primary N) is 1. The van der Waals surface area contributed by atoms with Gasteiger partial charge in [0, 0.05) is 17.9 Å². The van der Waals surface area contributed by atoms with Crippen molar-refractivity contribution in [2.45, 2.75) is 19.4 Å². The Bertz CT molecular complexity index is 596. The van der Waals surface area contributed by atoms with Gasteiger partial charge in [0.15, 0.2) is 5.82 Å². The molecule has 1 aromatic carbocycles. The van der Waals surface area contributed by atoms with Crippen LogP contribution in [0.5, 0.6) is 0 Å². The number of nitrogens with zero attached hydrogens (tertiary/aromatic N) is 4. The van der Waals surface area contributed by atoms with Gasteiger partial charge >= 0.3 is 0 Å². The van der Waals surface area contributed by atoms with Gasteiger partial charge in [-0.15, -0.1) is 5.10 Å². The van der Waals surface area contributed by atoms with Crippen molar-refractivity contribution in [1.82, 2.24) is 20.2 Å². The van der Waals surface area contributed by atoms with Crippen molar-refractivity contribution in [2.75, 3.05) is 18.9 Å². The number of rotatable bonds is 6. The Labute approximate surface area is 121 Å². The second-order valence-corrected chi connectivity index (χ2v) is 5.39. The first-order chi connectivity index (χ1) is 9.74. The average Bonchev–Trinajstić information content (AvgIpc) is 3.15. The highest BCUT2D eigenvalue weighted by atomic mass is 35.5. The number of aromatic nitrogens is 4. The fourth-order valence-electron chi connectivity index (χ4n) is 1.95. The van der Waals surface area contributed by atoms with E-state index >= 15 is 0 Å². The zero-order valence-corrected chi connectivity index (χ0v) is 11.8. The van der Waals surface area contributed by atoms with Crippen LogP contribution in [0.2, 0.25) is 5.02 Å². The Hall–Kier alpha value is -1.66. The van der Waals surface area contributed by atoms with Crippen LogP contribution in [0.1, 0.15) is 12.8 Å². The highest BCUT2D eigenvalue weighted by Crippen LogP contribution is 2.29. The zero-order chi connectivity index (χ0) is 13.9. The molecule has 0 aliphatic heterocycles. The molecule has 0 radical (unpaired) electrons. The second kappa shape index (κ2) is 5.76. The van der Waals surface area contributed by atoms with Crippen LogP contribution in [0.25, 0.3) is 11.4 Å². The third-order valence-corrected chi connectivity index (χ3v) is 3.59. The first-order valence-corrected chi connectivity index (χ1v) is 7.01. The van der Waals surface area contributed by atoms with Crippen molar-refractivity contribution < 1.29 is 4.74 Å². The van der Waals surface area contributed by atoms with Gasteiger partial charge < -0.3 is 10.5 Å². The van der Waals surface area contributed by atoms with Gasteiger partial charge in [-0.1, -0.05) is 11.6 Å². The van der Waals surface area contributed by atoms with E-state index in [2.05, 4.69) is 15.5 Å². The maximum Gasteiger partial charge on any atom is 0.183 e. The number of benzene rings is 1. The number of hydrogen-bond acceptors (Lipinski definition) is 5. The van der Waals surface area contributed by atoms with Crippen LogP contribution < -0.4 is 5.73 Å². The molecule has 1 fully saturated rings. The largest absolute Gasteiger partial charge is 0.399 e. The normalized spacial score (nSPS) is 14.7. The number of hydrogen-bond donors (Lipinski definition) is 1. The Morgan fingerprint density at radius 1 is 1.40 bits per heavy atom. The molecule has 0 atom stereocenters. The third-order valence-electron chi connectivity index (χ3n) is 3.26. The van der Waals surface area contributed by atoms with Crippen molar-refractivity contribution in [1.29, 1.82) is 0 Å². The minimum atomic E-state index is 0.578. The molecule has 106 valence electrons. The van der Waals surface area contributed by atoms with Gasteiger partial charge in [0.1, 0.15) is 0 Å². The fourth-order valence-corrected chi connectivity index (χ4v) is 2.15. The molecule has 2 aromatic rings. The molecule has 1 aliphatic rings. The van der Waals surface area contributed by atoms with Crippen LogP contribution in [-0.2, 0) is 11.3 Å². The molecule has 0 spiro atoms. The lowest BCUT2D eigenvalue weighted by Gasteiger charge is -2.07. The van der Waals surface area contributed by atoms with Gasteiger partial charge in [-0.3, -0.25) is 0 Å². The van der Waals surface area contributed by atoms with Gasteiger partial charge in [-0.25, -0.2) is 4.68 Å². The molecule has 0 bridgehead atoms. The molecule has 1 saturated carbocycles. The molecule has 6 nitrogen and oxygen atoms in total. The van der Waals surface area contributed by atoms with Gasteiger partial charge in [-0.2, -0.15) is 0 Å². The van der Waals surface area contributed by atoms with Gasteiger partial charge in [0.2, 0.25) is 0 Å². The number of tetrazole rings is 1. The molecule has 3 rings (SSSR count). The zero-order valence-electron chi connectivity index (χ0n) is 11.0. The highest BCUT2D eigenvalue weighted by Gasteiger charge is 2.21. The van der Waals surface area contributed by atoms with E-state index in [9.17, 15) is 0 Å². The predicted molar refractivity (Wildman–Crippen MR) is 76.2 cm³/mol. The Morgan fingerprint density at radius 3 is 3.05 bits per heavy atom. The molecule has 7 heteroatoms. The second-order valence-electron chi connectivity index (χ2n) is 4.98. The summed E-state index contributed by atoms with van der Waals surface area (Å²) in [5.74, 6) is 1.36. The molecule has 0 saturated heterocycles. The number of nitrogen functional groups attached to an aromatic ring is 1. The van der Waals surface area contributed by atoms with Crippen molar-refractivity contribution in [3.63, 3.8) is 0 Å². The van der Waals surface area contributed by atoms with E-state index in [0.29, 0.717) is 29.7 Å². The van der Waals surface area contributed by atoms with E-state index in [4.69, 9.17) is 22.1 Å². The van der Waals surface area contributed by atoms with Crippen LogP contribution in [0, 0.1) is 5.92 Å². The van der Waals surface area contributed by atoms with E-state index in [0.717, 1.165) is 18.1 Å². The van der Waals surface area contributed by atoms with Crippen LogP contribution >= 0.6 is 11.6 Å². The molecule has 0 unspecified atom stereocenters. The summed E-state index contributed by atoms with van der Waals surface area (Å²) < 4.78 is 7.29. The standard InChI is InChI=1S/C13H16ClN5O/c14-12-4-3-10(15)7-11(12)13-16-17-18-19(13)5-6-20-8-9-1-2-9/h3-4,7,9H,1-2,5-6,8,15H2. The van der Waals surface area contributed by atoms with Crippen molar-refractivity contribution in [3.8, 4) is 11.4 Å². The highest BCUT2D eigenvalue weighted by molar-refractivity contribution is 6.33. The Kier molecular flexibility index (Phi) is 3.84. The van der Waals surface area contributed by atoms with E-state index in [1.807, 2.05) is 0 Å². The van der Waals surface area contributed by atoms with Crippen LogP contribution in [0.15, 0.2) is 18.2 Å². The molecule has 20 heavy (non-hydrogen) atoms. The molecular formula is C13H16ClN5O. The summed E-state index contributed by atoms with van der Waals surface area (Å²) in [5, 5.41) is 12.3. The smallest absolute Gasteiger partial charge is 0.183 e. The predicted octanol–water partition coefficient (Wildman–Crippen LogP) is 2.00. The molecule has 0 amide bonds. The fraction of sp³-hybridized carbons (Fsp3) is 0.462. The van der Waals surface area contributed by atoms with Crippen molar-refractivity contribution >= 4 is 17.3 Å². The third kappa shape index (κ3) is 3.08. The average molecular weight is 294 g/mol. The lowest BCUT2D eigenvalue weighted by molar-refractivity contribution is 0.114. The molecule has 2 N–H and O–H groups in total. The summed E-state index contributed by atoms with van der Waals surface area (Å²) >= 11 is 6.18. The molecular weight excluding hydrogens is 278 g/mol. The van der Waals surface area contributed by atoms with Crippen LogP contribution in [-0.4, -0.2) is 33.4 Å². The minimum Gasteiger partial charge on any atom is -0.399 e. The van der Waals surface area contributed by atoms with E-state index in [1.165, 1.54) is 12.8 Å². The topological polar surface area (TPSA) is 78.9 Å². The summed E-state index contributed by atoms with van der Waals surface area (Å²) in [4.78, 5) is 0. The summed E-state index contributed by atoms with van der Waals surface area (Å²) in [6, 6.07) is 5.27. The SMILES string of the molecule is Nc1ccc(Cl)c(-c2nnnn2CCOCC2CC2)c1. The van der Waals surface area contributed by atoms with Crippen molar-refractivity contribution in [2.24, 2.45) is 5.92 Å². The van der Waals surface area contributed by atoms with Crippen LogP contribution in [0.3, 0.4) is 0 Å². The maximum absolute atomic E-state index is 6.18. The van der Waals surface area contributed by atoms with E-state index in [-0.39, 0.29) is 0 Å². The van der Waals surface area contributed by atoms with Gasteiger partial charge in [-0.05, 0) is 47.4 Å². The van der Waals surface area contributed by atoms with Crippen LogP contribution in [0.4, 0.5) is 5.69 Å². The minimum absolute atomic E-state index is 0.578. The number of ether oxygens (including phenoxy) is 1. The summed E-state index contributed by atoms with van der Waals surface area (Å²) in [5.41, 5.74) is 7.15. The Balaban J connectivity index is 1.70. The maximum atomic E-state index is 6.18. The summed E-state index contributed by atoms with van der Waals surface area (Å²) in [6.45, 7) is 2.02. The molecule has 1 heterocycles. The van der Waals surface area contributed by atoms with E-state index < -0.39 is 0 Å². The Morgan fingerprint density at radius 2 is 2.25 bits per heavy atom. The number of halogens is 1. The van der Waals surface area contributed by atoms with E-state index in [1.54, 1.807) is 22.9 Å². The lowest BCUT2D eigenvalue weighted by Crippen LogP contribution is -2.10. The first kappa shape index (κ1) is 13.3. The lowest BCUT2D eigenvalue weighted by atomic mass is 10.2. The monoisotopic (exact) mass is 293 g/mol. The summed E-state index contributed by atoms with van der Waals surface area (Å²) in [6.07, 6.45) is 2.57. The summed E-state index contributed by atoms with van der Waals surface area (Å²) in [7, 11) is 0. The number of anilines is 1. The quantitative estimate of drug-likeness (QED) is 0.651. The first-order valence-electron chi connectivity index (χ1n) is 6.63. The molecule has 1 aromatic heterocycles. The molecule has 1 aliphatic carbocycles. The van der Waals surface area contributed by atoms with Gasteiger partial charge in [0.05, 0.1) is 18.2 Å². The van der Waals surface area contributed by atoms with Gasteiger partial charge in [0.25, 0.3) is 0 Å².